The normalized spacial score (nSPS) is 10.8. The van der Waals surface area contributed by atoms with Gasteiger partial charge in [-0.1, -0.05) is 23.4 Å². The lowest BCUT2D eigenvalue weighted by atomic mass is 10.1. The van der Waals surface area contributed by atoms with Crippen molar-refractivity contribution in [2.24, 2.45) is 14.1 Å². The van der Waals surface area contributed by atoms with Crippen molar-refractivity contribution in [3.63, 3.8) is 0 Å². The molecule has 0 spiro atoms. The van der Waals surface area contributed by atoms with Crippen LogP contribution < -0.4 is 0 Å². The van der Waals surface area contributed by atoms with Gasteiger partial charge in [0, 0.05) is 7.05 Å². The summed E-state index contributed by atoms with van der Waals surface area (Å²) in [5, 5.41) is 15.4. The second kappa shape index (κ2) is 4.82. The van der Waals surface area contributed by atoms with Crippen LogP contribution in [-0.2, 0) is 14.1 Å². The number of nitro groups is 1. The van der Waals surface area contributed by atoms with Crippen LogP contribution in [0.2, 0.25) is 0 Å². The predicted octanol–water partition coefficient (Wildman–Crippen LogP) is 2.99. The lowest BCUT2D eigenvalue weighted by Crippen LogP contribution is -2.04. The van der Waals surface area contributed by atoms with Crippen molar-refractivity contribution in [1.29, 1.82) is 0 Å². The Morgan fingerprint density at radius 2 is 1.85 bits per heavy atom. The lowest BCUT2D eigenvalue weighted by Gasteiger charge is -2.12. The molecule has 2 heterocycles. The first-order valence-corrected chi connectivity index (χ1v) is 6.52. The summed E-state index contributed by atoms with van der Waals surface area (Å²) in [6.07, 6.45) is 0. The number of aromatic nitrogens is 3. The van der Waals surface area contributed by atoms with E-state index in [4.69, 9.17) is 12.2 Å². The molecule has 7 heteroatoms. The zero-order chi connectivity index (χ0) is 15.2. The van der Waals surface area contributed by atoms with E-state index in [2.05, 4.69) is 5.10 Å². The molecule has 0 saturated heterocycles. The molecule has 0 bridgehead atoms. The molecule has 0 fully saturated rings. The molecule has 0 aromatic carbocycles. The van der Waals surface area contributed by atoms with Gasteiger partial charge in [0.2, 0.25) is 0 Å². The number of hydrogen-bond acceptors (Lipinski definition) is 4. The van der Waals surface area contributed by atoms with E-state index in [1.807, 2.05) is 31.5 Å². The Kier molecular flexibility index (Phi) is 3.47. The van der Waals surface area contributed by atoms with Crippen LogP contribution in [0.15, 0.2) is 6.07 Å². The van der Waals surface area contributed by atoms with Crippen molar-refractivity contribution in [1.82, 2.24) is 14.3 Å². The second-order valence-electron chi connectivity index (χ2n) is 4.90. The molecule has 2 aromatic rings. The Balaban J connectivity index is 2.83. The van der Waals surface area contributed by atoms with Crippen LogP contribution in [0.25, 0.3) is 11.4 Å². The average Bonchev–Trinajstić information content (AvgIpc) is 2.62. The van der Waals surface area contributed by atoms with Crippen LogP contribution in [0, 0.1) is 35.5 Å². The van der Waals surface area contributed by atoms with Crippen molar-refractivity contribution in [3.05, 3.63) is 37.5 Å². The lowest BCUT2D eigenvalue weighted by molar-refractivity contribution is -0.392. The third-order valence-corrected chi connectivity index (χ3v) is 4.02. The third-order valence-electron chi connectivity index (χ3n) is 3.43. The fourth-order valence-corrected chi connectivity index (χ4v) is 2.68. The Labute approximate surface area is 121 Å². The minimum atomic E-state index is -0.413. The van der Waals surface area contributed by atoms with Crippen LogP contribution in [0.5, 0.6) is 0 Å². The van der Waals surface area contributed by atoms with Gasteiger partial charge in [-0.05, 0) is 36.8 Å². The van der Waals surface area contributed by atoms with Gasteiger partial charge < -0.3 is 14.7 Å². The molecule has 0 radical (unpaired) electrons. The highest BCUT2D eigenvalue weighted by atomic mass is 32.1. The van der Waals surface area contributed by atoms with Crippen LogP contribution in [0.3, 0.4) is 0 Å². The van der Waals surface area contributed by atoms with Gasteiger partial charge in [0.05, 0.1) is 11.3 Å². The molecular formula is C13H16N4O2S. The SMILES string of the molecule is Cc1cc(C)c(=S)n(C)c1-c1nn(C)c([N+](=O)[O-])c1C. The summed E-state index contributed by atoms with van der Waals surface area (Å²) in [4.78, 5) is 10.7. The fraction of sp³-hybridized carbons (Fsp3) is 0.385. The molecule has 0 amide bonds. The van der Waals surface area contributed by atoms with Crippen LogP contribution in [0.1, 0.15) is 16.7 Å². The van der Waals surface area contributed by atoms with E-state index in [-0.39, 0.29) is 5.82 Å². The number of pyridine rings is 1. The van der Waals surface area contributed by atoms with E-state index in [1.54, 1.807) is 14.0 Å². The Morgan fingerprint density at radius 1 is 1.25 bits per heavy atom. The summed E-state index contributed by atoms with van der Waals surface area (Å²) in [6.45, 7) is 5.62. The van der Waals surface area contributed by atoms with Crippen LogP contribution in [0.4, 0.5) is 5.82 Å². The molecule has 0 aliphatic heterocycles. The molecule has 0 atom stereocenters. The van der Waals surface area contributed by atoms with Gasteiger partial charge in [0.15, 0.2) is 0 Å². The monoisotopic (exact) mass is 292 g/mol. The van der Waals surface area contributed by atoms with E-state index in [9.17, 15) is 10.1 Å². The summed E-state index contributed by atoms with van der Waals surface area (Å²) in [5.41, 5.74) is 3.98. The second-order valence-corrected chi connectivity index (χ2v) is 5.29. The summed E-state index contributed by atoms with van der Waals surface area (Å²) < 4.78 is 3.87. The van der Waals surface area contributed by atoms with Crippen LogP contribution in [-0.4, -0.2) is 19.3 Å². The minimum Gasteiger partial charge on any atom is -0.358 e. The minimum absolute atomic E-state index is 0.00546. The van der Waals surface area contributed by atoms with Crippen molar-refractivity contribution >= 4 is 18.0 Å². The molecule has 0 aliphatic carbocycles. The predicted molar refractivity (Wildman–Crippen MR) is 79.3 cm³/mol. The summed E-state index contributed by atoms with van der Waals surface area (Å²) in [6, 6.07) is 1.98. The van der Waals surface area contributed by atoms with E-state index >= 15 is 0 Å². The molecule has 106 valence electrons. The number of hydrogen-bond donors (Lipinski definition) is 0. The average molecular weight is 292 g/mol. The third kappa shape index (κ3) is 2.03. The van der Waals surface area contributed by atoms with E-state index in [0.29, 0.717) is 15.9 Å². The first-order chi connectivity index (χ1) is 9.25. The van der Waals surface area contributed by atoms with Crippen molar-refractivity contribution in [2.45, 2.75) is 20.8 Å². The van der Waals surface area contributed by atoms with Gasteiger partial charge in [-0.3, -0.25) is 0 Å². The molecular weight excluding hydrogens is 276 g/mol. The van der Waals surface area contributed by atoms with Gasteiger partial charge in [0.25, 0.3) is 0 Å². The summed E-state index contributed by atoms with van der Waals surface area (Å²) >= 11 is 5.37. The first kappa shape index (κ1) is 14.4. The zero-order valence-electron chi connectivity index (χ0n) is 12.1. The number of aryl methyl sites for hydroxylation is 3. The van der Waals surface area contributed by atoms with Crippen molar-refractivity contribution in [3.8, 4) is 11.4 Å². The molecule has 6 nitrogen and oxygen atoms in total. The Hall–Kier alpha value is -2.02. The molecule has 2 aromatic heterocycles. The highest BCUT2D eigenvalue weighted by Gasteiger charge is 2.25. The van der Waals surface area contributed by atoms with Gasteiger partial charge in [0.1, 0.15) is 17.4 Å². The van der Waals surface area contributed by atoms with Gasteiger partial charge in [-0.25, -0.2) is 0 Å². The van der Waals surface area contributed by atoms with E-state index in [0.717, 1.165) is 16.8 Å². The Morgan fingerprint density at radius 3 is 2.35 bits per heavy atom. The topological polar surface area (TPSA) is 65.9 Å². The highest BCUT2D eigenvalue weighted by Crippen LogP contribution is 2.31. The van der Waals surface area contributed by atoms with E-state index in [1.165, 1.54) is 4.68 Å². The highest BCUT2D eigenvalue weighted by molar-refractivity contribution is 7.71. The molecule has 0 N–H and O–H groups in total. The maximum Gasteiger partial charge on any atom is 0.348 e. The van der Waals surface area contributed by atoms with Crippen molar-refractivity contribution < 1.29 is 4.92 Å². The smallest absolute Gasteiger partial charge is 0.348 e. The largest absolute Gasteiger partial charge is 0.358 e. The van der Waals surface area contributed by atoms with Crippen LogP contribution >= 0.6 is 12.2 Å². The van der Waals surface area contributed by atoms with Gasteiger partial charge in [-0.2, -0.15) is 0 Å². The number of rotatable bonds is 2. The number of nitrogens with zero attached hydrogens (tertiary/aromatic N) is 4. The molecule has 0 unspecified atom stereocenters. The fourth-order valence-electron chi connectivity index (χ4n) is 2.53. The summed E-state index contributed by atoms with van der Waals surface area (Å²) in [7, 11) is 3.43. The quantitative estimate of drug-likeness (QED) is 0.485. The first-order valence-electron chi connectivity index (χ1n) is 6.11. The van der Waals surface area contributed by atoms with E-state index < -0.39 is 4.92 Å². The molecule has 2 rings (SSSR count). The van der Waals surface area contributed by atoms with Gasteiger partial charge in [-0.15, -0.1) is 4.68 Å². The molecule has 0 aliphatic rings. The molecule has 20 heavy (non-hydrogen) atoms. The summed E-state index contributed by atoms with van der Waals surface area (Å²) in [5.74, 6) is 0.00546. The maximum absolute atomic E-state index is 11.1. The van der Waals surface area contributed by atoms with Gasteiger partial charge >= 0.3 is 5.82 Å². The maximum atomic E-state index is 11.1. The van der Waals surface area contributed by atoms with Crippen molar-refractivity contribution in [2.75, 3.05) is 0 Å². The molecule has 0 saturated carbocycles. The Bertz CT molecular complexity index is 774. The standard InChI is InChI=1S/C13H16N4O2S/c1-7-6-8(2)13(20)15(4)11(7)10-9(3)12(17(18)19)16(5)14-10/h6H,1-5H3. The zero-order valence-corrected chi connectivity index (χ0v) is 12.9.